The molecule has 0 aliphatic carbocycles. The van der Waals surface area contributed by atoms with Gasteiger partial charge in [-0.3, -0.25) is 0 Å². The highest BCUT2D eigenvalue weighted by Crippen LogP contribution is 2.50. The van der Waals surface area contributed by atoms with Crippen molar-refractivity contribution in [1.29, 1.82) is 5.26 Å². The number of carbonyl (C=O) groups is 1. The van der Waals surface area contributed by atoms with Gasteiger partial charge in [-0.2, -0.15) is 18.4 Å². The normalized spacial score (nSPS) is 14.2. The SMILES string of the molecule is C[C@H](c1ccc(-c2ccc(C(=O)O)c(F)c2)cc1Cl)[C@@](O)(c1ccc(C#N)cc1)C(F)(F)F. The van der Waals surface area contributed by atoms with E-state index in [1.165, 1.54) is 43.3 Å². The summed E-state index contributed by atoms with van der Waals surface area (Å²) in [7, 11) is 0. The molecule has 4 nitrogen and oxygen atoms in total. The average molecular weight is 478 g/mol. The molecule has 170 valence electrons. The lowest BCUT2D eigenvalue weighted by atomic mass is 9.77. The van der Waals surface area contributed by atoms with E-state index < -0.39 is 40.6 Å². The first-order valence-corrected chi connectivity index (χ1v) is 9.90. The summed E-state index contributed by atoms with van der Waals surface area (Å²) in [5, 5.41) is 28.6. The van der Waals surface area contributed by atoms with Crippen LogP contribution in [0.1, 0.15) is 39.9 Å². The zero-order valence-corrected chi connectivity index (χ0v) is 17.7. The Bertz CT molecular complexity index is 1250. The number of halogens is 5. The molecule has 0 aliphatic heterocycles. The van der Waals surface area contributed by atoms with Crippen molar-refractivity contribution in [1.82, 2.24) is 0 Å². The van der Waals surface area contributed by atoms with Gasteiger partial charge in [-0.25, -0.2) is 9.18 Å². The number of rotatable bonds is 5. The summed E-state index contributed by atoms with van der Waals surface area (Å²) in [6.07, 6.45) is -5.07. The Labute approximate surface area is 191 Å². The molecule has 0 aromatic heterocycles. The van der Waals surface area contributed by atoms with E-state index in [1.54, 1.807) is 6.07 Å². The second-order valence-corrected chi connectivity index (χ2v) is 7.82. The van der Waals surface area contributed by atoms with E-state index in [0.29, 0.717) is 5.56 Å². The van der Waals surface area contributed by atoms with Gasteiger partial charge in [0.1, 0.15) is 5.82 Å². The maximum atomic E-state index is 14.1. The molecule has 2 atom stereocenters. The van der Waals surface area contributed by atoms with Crippen LogP contribution in [0.25, 0.3) is 11.1 Å². The highest BCUT2D eigenvalue weighted by Gasteiger charge is 2.58. The second kappa shape index (κ2) is 8.85. The Kier molecular flexibility index (Phi) is 6.50. The lowest BCUT2D eigenvalue weighted by Crippen LogP contribution is -2.46. The summed E-state index contributed by atoms with van der Waals surface area (Å²) in [5.41, 5.74) is -3.52. The van der Waals surface area contributed by atoms with Gasteiger partial charge in [0.2, 0.25) is 0 Å². The molecule has 0 aliphatic rings. The highest BCUT2D eigenvalue weighted by atomic mass is 35.5. The van der Waals surface area contributed by atoms with Gasteiger partial charge in [-0.1, -0.05) is 48.9 Å². The lowest BCUT2D eigenvalue weighted by Gasteiger charge is -2.37. The fraction of sp³-hybridized carbons (Fsp3) is 0.167. The Balaban J connectivity index is 2.05. The lowest BCUT2D eigenvalue weighted by molar-refractivity contribution is -0.274. The molecule has 0 fully saturated rings. The Morgan fingerprint density at radius 1 is 1.03 bits per heavy atom. The van der Waals surface area contributed by atoms with Crippen LogP contribution in [0, 0.1) is 17.1 Å². The van der Waals surface area contributed by atoms with Crippen molar-refractivity contribution in [3.05, 3.63) is 93.8 Å². The number of carboxylic acids is 1. The molecule has 3 aromatic carbocycles. The summed E-state index contributed by atoms with van der Waals surface area (Å²) in [6, 6.07) is 13.7. The number of hydrogen-bond acceptors (Lipinski definition) is 3. The van der Waals surface area contributed by atoms with E-state index in [4.69, 9.17) is 22.0 Å². The van der Waals surface area contributed by atoms with Crippen LogP contribution in [-0.2, 0) is 5.60 Å². The third kappa shape index (κ3) is 4.42. The van der Waals surface area contributed by atoms with Crippen LogP contribution in [0.5, 0.6) is 0 Å². The van der Waals surface area contributed by atoms with E-state index in [-0.39, 0.29) is 21.7 Å². The summed E-state index contributed by atoms with van der Waals surface area (Å²) in [4.78, 5) is 11.0. The molecule has 33 heavy (non-hydrogen) atoms. The third-order valence-corrected chi connectivity index (χ3v) is 5.84. The first-order valence-electron chi connectivity index (χ1n) is 9.52. The minimum absolute atomic E-state index is 0.00719. The first-order chi connectivity index (χ1) is 15.4. The fourth-order valence-electron chi connectivity index (χ4n) is 3.61. The van der Waals surface area contributed by atoms with E-state index in [0.717, 1.165) is 24.3 Å². The number of aliphatic hydroxyl groups is 1. The molecule has 0 heterocycles. The average Bonchev–Trinajstić information content (AvgIpc) is 2.77. The maximum absolute atomic E-state index is 14.1. The van der Waals surface area contributed by atoms with E-state index in [2.05, 4.69) is 0 Å². The van der Waals surface area contributed by atoms with Crippen molar-refractivity contribution in [3.8, 4) is 17.2 Å². The molecular weight excluding hydrogens is 462 g/mol. The van der Waals surface area contributed by atoms with Gasteiger partial charge in [-0.05, 0) is 52.6 Å². The summed E-state index contributed by atoms with van der Waals surface area (Å²) in [5.74, 6) is -3.95. The minimum atomic E-state index is -5.07. The molecule has 3 rings (SSSR count). The molecule has 9 heteroatoms. The predicted molar refractivity (Wildman–Crippen MR) is 113 cm³/mol. The van der Waals surface area contributed by atoms with E-state index >= 15 is 0 Å². The second-order valence-electron chi connectivity index (χ2n) is 7.41. The number of benzene rings is 3. The molecule has 0 amide bonds. The first kappa shape index (κ1) is 24.2. The molecule has 2 N–H and O–H groups in total. The van der Waals surface area contributed by atoms with Gasteiger partial charge in [0.25, 0.3) is 0 Å². The molecule has 0 saturated heterocycles. The van der Waals surface area contributed by atoms with Crippen LogP contribution in [0.4, 0.5) is 17.6 Å². The number of aromatic carboxylic acids is 1. The van der Waals surface area contributed by atoms with Crippen LogP contribution in [0.3, 0.4) is 0 Å². The third-order valence-electron chi connectivity index (χ3n) is 5.51. The van der Waals surface area contributed by atoms with Crippen molar-refractivity contribution >= 4 is 17.6 Å². The van der Waals surface area contributed by atoms with Crippen molar-refractivity contribution < 1.29 is 32.6 Å². The molecule has 0 saturated carbocycles. The van der Waals surface area contributed by atoms with Crippen molar-refractivity contribution in [3.63, 3.8) is 0 Å². The van der Waals surface area contributed by atoms with Crippen LogP contribution in [0.15, 0.2) is 60.7 Å². The number of nitriles is 1. The van der Waals surface area contributed by atoms with Gasteiger partial charge >= 0.3 is 12.1 Å². The molecule has 0 radical (unpaired) electrons. The number of hydrogen-bond donors (Lipinski definition) is 2. The maximum Gasteiger partial charge on any atom is 0.422 e. The molecule has 0 bridgehead atoms. The topological polar surface area (TPSA) is 81.3 Å². The predicted octanol–water partition coefficient (Wildman–Crippen LogP) is 6.27. The van der Waals surface area contributed by atoms with Gasteiger partial charge in [0, 0.05) is 10.9 Å². The number of alkyl halides is 3. The standard InChI is InChI=1S/C24H16ClF4NO3/c1-13(23(33,24(27,28)29)17-6-2-14(12-30)3-7-17)18-8-4-15(10-20(18)25)16-5-9-19(22(31)32)21(26)11-16/h2-11,13,33H,1H3,(H,31,32)/t13-,23-/m1/s1. The van der Waals surface area contributed by atoms with Crippen LogP contribution in [-0.4, -0.2) is 22.4 Å². The van der Waals surface area contributed by atoms with Crippen molar-refractivity contribution in [2.24, 2.45) is 0 Å². The summed E-state index contributed by atoms with van der Waals surface area (Å²) < 4.78 is 56.3. The number of nitrogens with zero attached hydrogens (tertiary/aromatic N) is 1. The van der Waals surface area contributed by atoms with Crippen LogP contribution < -0.4 is 0 Å². The van der Waals surface area contributed by atoms with Gasteiger partial charge < -0.3 is 10.2 Å². The van der Waals surface area contributed by atoms with Crippen molar-refractivity contribution in [2.75, 3.05) is 0 Å². The zero-order chi connectivity index (χ0) is 24.6. The highest BCUT2D eigenvalue weighted by molar-refractivity contribution is 6.31. The quantitative estimate of drug-likeness (QED) is 0.424. The van der Waals surface area contributed by atoms with Gasteiger partial charge in [-0.15, -0.1) is 0 Å². The molecule has 0 unspecified atom stereocenters. The molecular formula is C24H16ClF4NO3. The largest absolute Gasteiger partial charge is 0.478 e. The van der Waals surface area contributed by atoms with Crippen molar-refractivity contribution in [2.45, 2.75) is 24.6 Å². The smallest absolute Gasteiger partial charge is 0.422 e. The Morgan fingerprint density at radius 2 is 1.61 bits per heavy atom. The minimum Gasteiger partial charge on any atom is -0.478 e. The molecule has 0 spiro atoms. The Morgan fingerprint density at radius 3 is 2.09 bits per heavy atom. The van der Waals surface area contributed by atoms with Crippen LogP contribution in [0.2, 0.25) is 5.02 Å². The van der Waals surface area contributed by atoms with Gasteiger partial charge in [0.05, 0.1) is 17.2 Å². The summed E-state index contributed by atoms with van der Waals surface area (Å²) in [6.45, 7) is 1.17. The van der Waals surface area contributed by atoms with Gasteiger partial charge in [0.15, 0.2) is 5.60 Å². The fourth-order valence-corrected chi connectivity index (χ4v) is 3.95. The van der Waals surface area contributed by atoms with Crippen LogP contribution >= 0.6 is 11.6 Å². The Hall–Kier alpha value is -3.41. The number of carboxylic acid groups (broad SMARTS) is 1. The summed E-state index contributed by atoms with van der Waals surface area (Å²) >= 11 is 6.28. The van der Waals surface area contributed by atoms with E-state index in [1.807, 2.05) is 0 Å². The molecule has 3 aromatic rings. The zero-order valence-electron chi connectivity index (χ0n) is 17.0. The monoisotopic (exact) mass is 477 g/mol. The van der Waals surface area contributed by atoms with E-state index in [9.17, 15) is 27.5 Å².